The third-order valence-electron chi connectivity index (χ3n) is 11.1. The predicted molar refractivity (Wildman–Crippen MR) is 216 cm³/mol. The van der Waals surface area contributed by atoms with Crippen molar-refractivity contribution in [3.63, 3.8) is 0 Å². The van der Waals surface area contributed by atoms with Gasteiger partial charge in [0.25, 0.3) is 0 Å². The van der Waals surface area contributed by atoms with Crippen LogP contribution in [0, 0.1) is 23.7 Å². The maximum absolute atomic E-state index is 14.2. The number of nitrogens with one attached hydrogen (secondary N) is 3. The molecule has 0 unspecified atom stereocenters. The smallest absolute Gasteiger partial charge is 0.245 e. The first-order valence-corrected chi connectivity index (χ1v) is 19.8. The van der Waals surface area contributed by atoms with E-state index in [1.165, 1.54) is 7.11 Å². The fourth-order valence-electron chi connectivity index (χ4n) is 7.80. The molecule has 0 radical (unpaired) electrons. The number of hydrogen-bond donors (Lipinski definition) is 4. The molecule has 0 bridgehead atoms. The summed E-state index contributed by atoms with van der Waals surface area (Å²) in [6, 6.07) is 4.37. The molecule has 2 rings (SSSR count). The zero-order valence-corrected chi connectivity index (χ0v) is 35.7. The Kier molecular flexibility index (Phi) is 19.1. The summed E-state index contributed by atoms with van der Waals surface area (Å²) in [5, 5.41) is 8.68. The van der Waals surface area contributed by atoms with Gasteiger partial charge in [-0.2, -0.15) is 0 Å². The van der Waals surface area contributed by atoms with E-state index >= 15 is 0 Å². The van der Waals surface area contributed by atoms with Gasteiger partial charge in [-0.1, -0.05) is 67.0 Å². The Hall–Kier alpha value is -3.75. The van der Waals surface area contributed by atoms with Crippen molar-refractivity contribution in [3.05, 3.63) is 29.8 Å². The number of nitrogens with two attached hydrogens (primary N) is 1. The second-order valence-electron chi connectivity index (χ2n) is 16.2. The third kappa shape index (κ3) is 12.9. The second-order valence-corrected chi connectivity index (χ2v) is 16.2. The maximum atomic E-state index is 14.2. The van der Waals surface area contributed by atoms with Gasteiger partial charge in [-0.3, -0.25) is 28.9 Å². The van der Waals surface area contributed by atoms with Crippen LogP contribution < -0.4 is 21.7 Å². The fraction of sp³-hybridized carbons (Fsp3) is 0.732. The van der Waals surface area contributed by atoms with Crippen LogP contribution in [-0.2, 0) is 40.0 Å². The van der Waals surface area contributed by atoms with E-state index in [4.69, 9.17) is 15.2 Å². The molecule has 0 aliphatic carbocycles. The van der Waals surface area contributed by atoms with Crippen LogP contribution >= 0.6 is 0 Å². The molecule has 1 saturated heterocycles. The highest BCUT2D eigenvalue weighted by atomic mass is 16.5. The zero-order valence-electron chi connectivity index (χ0n) is 35.7. The Morgan fingerprint density at radius 3 is 2.00 bits per heavy atom. The molecule has 1 aliphatic rings. The van der Waals surface area contributed by atoms with Gasteiger partial charge in [0, 0.05) is 40.0 Å². The fourth-order valence-corrected chi connectivity index (χ4v) is 7.80. The maximum Gasteiger partial charge on any atom is 0.245 e. The lowest BCUT2D eigenvalue weighted by Gasteiger charge is -2.41. The standard InChI is InChI=1S/C41H71N7O7/c1-14-26(6)36(47(11)41(53)34(24(2)3)45-40(52)35(25(4)5)46(9)10)32(54-12)22-33(49)48-21-15-16-31(48)37(55-13)27(7)38(50)44-28(8)39(51)43-23-29-17-19-30(42)20-18-29/h17-20,24-28,31-32,34-37H,14-16,21-23,42H2,1-13H3,(H,43,51)(H,44,50)(H,45,52)/t26-,27+,28-,31-,32+,34-,35-,36-,37+/m0/s1. The summed E-state index contributed by atoms with van der Waals surface area (Å²) in [6.07, 6.45) is 0.855. The van der Waals surface area contributed by atoms with E-state index in [-0.39, 0.29) is 59.8 Å². The summed E-state index contributed by atoms with van der Waals surface area (Å²) in [5.74, 6) is -2.14. The molecule has 1 aromatic carbocycles. The molecule has 14 nitrogen and oxygen atoms in total. The van der Waals surface area contributed by atoms with E-state index < -0.39 is 42.3 Å². The molecule has 0 aromatic heterocycles. The van der Waals surface area contributed by atoms with Gasteiger partial charge in [0.05, 0.1) is 42.7 Å². The molecule has 0 spiro atoms. The van der Waals surface area contributed by atoms with Gasteiger partial charge in [0.2, 0.25) is 29.5 Å². The van der Waals surface area contributed by atoms with Gasteiger partial charge < -0.3 is 41.0 Å². The molecular formula is C41H71N7O7. The molecule has 312 valence electrons. The van der Waals surface area contributed by atoms with Gasteiger partial charge in [-0.25, -0.2) is 0 Å². The number of rotatable bonds is 21. The molecule has 5 N–H and O–H groups in total. The third-order valence-corrected chi connectivity index (χ3v) is 11.1. The monoisotopic (exact) mass is 774 g/mol. The van der Waals surface area contributed by atoms with E-state index in [1.54, 1.807) is 49.9 Å². The first-order chi connectivity index (χ1) is 25.8. The van der Waals surface area contributed by atoms with Crippen LogP contribution in [0.2, 0.25) is 0 Å². The van der Waals surface area contributed by atoms with E-state index in [2.05, 4.69) is 16.0 Å². The summed E-state index contributed by atoms with van der Waals surface area (Å²) < 4.78 is 11.9. The predicted octanol–water partition coefficient (Wildman–Crippen LogP) is 3.04. The Bertz CT molecular complexity index is 1400. The number of carbonyl (C=O) groups excluding carboxylic acids is 5. The number of likely N-dealkylation sites (tertiary alicyclic amines) is 1. The number of carbonyl (C=O) groups is 5. The number of anilines is 1. The number of methoxy groups -OCH3 is 2. The molecule has 1 fully saturated rings. The SMILES string of the molecule is CC[C@H](C)[C@@H]([C@@H](CC(=O)N1CCC[C@H]1[C@H](OC)[C@@H](C)C(=O)N[C@@H](C)C(=O)NCc1ccc(N)cc1)OC)N(C)C(=O)[C@@H](NC(=O)[C@H](C(C)C)N(C)C)C(C)C. The van der Waals surface area contributed by atoms with Crippen molar-refractivity contribution in [2.75, 3.05) is 47.6 Å². The Labute approximate surface area is 330 Å². The van der Waals surface area contributed by atoms with Crippen LogP contribution in [0.25, 0.3) is 0 Å². The van der Waals surface area contributed by atoms with Crippen molar-refractivity contribution < 1.29 is 33.4 Å². The number of hydrogen-bond acceptors (Lipinski definition) is 9. The Morgan fingerprint density at radius 2 is 1.49 bits per heavy atom. The average Bonchev–Trinajstić information content (AvgIpc) is 3.62. The van der Waals surface area contributed by atoms with Crippen LogP contribution in [0.4, 0.5) is 5.69 Å². The summed E-state index contributed by atoms with van der Waals surface area (Å²) in [7, 11) is 8.51. The lowest BCUT2D eigenvalue weighted by molar-refractivity contribution is -0.148. The second kappa shape index (κ2) is 22.1. The zero-order chi connectivity index (χ0) is 41.7. The summed E-state index contributed by atoms with van der Waals surface area (Å²) >= 11 is 0. The molecule has 1 heterocycles. The Morgan fingerprint density at radius 1 is 0.873 bits per heavy atom. The van der Waals surface area contributed by atoms with Gasteiger partial charge in [-0.15, -0.1) is 0 Å². The van der Waals surface area contributed by atoms with E-state index in [1.807, 2.05) is 72.7 Å². The summed E-state index contributed by atoms with van der Waals surface area (Å²) in [6.45, 7) is 16.0. The highest BCUT2D eigenvalue weighted by Gasteiger charge is 2.43. The summed E-state index contributed by atoms with van der Waals surface area (Å²) in [4.78, 5) is 73.4. The molecule has 14 heteroatoms. The van der Waals surface area contributed by atoms with Crippen LogP contribution in [0.5, 0.6) is 0 Å². The van der Waals surface area contributed by atoms with Crippen molar-refractivity contribution in [2.45, 2.75) is 130 Å². The molecule has 55 heavy (non-hydrogen) atoms. The molecule has 1 aliphatic heterocycles. The van der Waals surface area contributed by atoms with E-state index in [0.717, 1.165) is 18.4 Å². The molecule has 9 atom stereocenters. The molecule has 5 amide bonds. The van der Waals surface area contributed by atoms with Gasteiger partial charge in [-0.05, 0) is 69.3 Å². The number of ether oxygens (including phenoxy) is 2. The molecular weight excluding hydrogens is 702 g/mol. The quantitative estimate of drug-likeness (QED) is 0.137. The number of nitrogen functional groups attached to an aromatic ring is 1. The normalized spacial score (nSPS) is 18.9. The van der Waals surface area contributed by atoms with Gasteiger partial charge in [0.1, 0.15) is 12.1 Å². The lowest BCUT2D eigenvalue weighted by atomic mass is 9.89. The molecule has 0 saturated carbocycles. The van der Waals surface area contributed by atoms with Crippen molar-refractivity contribution in [1.29, 1.82) is 0 Å². The first kappa shape index (κ1) is 47.4. The van der Waals surface area contributed by atoms with Crippen molar-refractivity contribution in [2.24, 2.45) is 23.7 Å². The number of likely N-dealkylation sites (N-methyl/N-ethyl adjacent to an activating group) is 2. The Balaban J connectivity index is 2.20. The van der Waals surface area contributed by atoms with Crippen molar-refractivity contribution in [1.82, 2.24) is 30.7 Å². The van der Waals surface area contributed by atoms with Crippen LogP contribution in [-0.4, -0.2) is 129 Å². The average molecular weight is 774 g/mol. The largest absolute Gasteiger partial charge is 0.399 e. The van der Waals surface area contributed by atoms with Crippen molar-refractivity contribution >= 4 is 35.2 Å². The molecule has 1 aromatic rings. The minimum Gasteiger partial charge on any atom is -0.399 e. The topological polar surface area (TPSA) is 176 Å². The number of amides is 5. The minimum atomic E-state index is -0.796. The van der Waals surface area contributed by atoms with Crippen LogP contribution in [0.1, 0.15) is 86.6 Å². The highest BCUT2D eigenvalue weighted by molar-refractivity contribution is 5.90. The number of nitrogens with zero attached hydrogens (tertiary/aromatic N) is 3. The van der Waals surface area contributed by atoms with Gasteiger partial charge >= 0.3 is 0 Å². The van der Waals surface area contributed by atoms with Crippen LogP contribution in [0.3, 0.4) is 0 Å². The van der Waals surface area contributed by atoms with Crippen LogP contribution in [0.15, 0.2) is 24.3 Å². The highest BCUT2D eigenvalue weighted by Crippen LogP contribution is 2.30. The lowest BCUT2D eigenvalue weighted by Crippen LogP contribution is -2.59. The summed E-state index contributed by atoms with van der Waals surface area (Å²) in [5.41, 5.74) is 7.26. The van der Waals surface area contributed by atoms with E-state index in [9.17, 15) is 24.0 Å². The minimum absolute atomic E-state index is 0.0105. The van der Waals surface area contributed by atoms with E-state index in [0.29, 0.717) is 25.2 Å². The van der Waals surface area contributed by atoms with Gasteiger partial charge in [0.15, 0.2) is 0 Å². The first-order valence-electron chi connectivity index (χ1n) is 19.8. The number of benzene rings is 1. The van der Waals surface area contributed by atoms with Crippen molar-refractivity contribution in [3.8, 4) is 0 Å².